The molecule has 7 heteroatoms. The Kier molecular flexibility index (Phi) is 5.97. The minimum absolute atomic E-state index is 0.0155. The Morgan fingerprint density at radius 1 is 1.34 bits per heavy atom. The first-order valence-electron chi connectivity index (χ1n) is 10.7. The molecule has 4 nitrogen and oxygen atoms in total. The molecule has 1 aromatic heterocycles. The van der Waals surface area contributed by atoms with Gasteiger partial charge in [-0.1, -0.05) is 32.4 Å². The summed E-state index contributed by atoms with van der Waals surface area (Å²) in [6.07, 6.45) is 6.41. The van der Waals surface area contributed by atoms with Crippen molar-refractivity contribution in [1.29, 1.82) is 0 Å². The lowest BCUT2D eigenvalue weighted by molar-refractivity contribution is -0.0366. The second kappa shape index (κ2) is 7.94. The molecular weight excluding hydrogens is 468 g/mol. The van der Waals surface area contributed by atoms with E-state index >= 15 is 0 Å². The van der Waals surface area contributed by atoms with E-state index in [2.05, 4.69) is 61.0 Å². The lowest BCUT2D eigenvalue weighted by Crippen LogP contribution is -2.41. The van der Waals surface area contributed by atoms with Crippen LogP contribution < -0.4 is 0 Å². The van der Waals surface area contributed by atoms with Gasteiger partial charge in [0.2, 0.25) is 0 Å². The maximum atomic E-state index is 6.80. The third-order valence-electron chi connectivity index (χ3n) is 7.01. The number of benzene rings is 1. The van der Waals surface area contributed by atoms with E-state index in [-0.39, 0.29) is 11.3 Å². The average molecular weight is 500 g/mol. The van der Waals surface area contributed by atoms with Crippen molar-refractivity contribution < 1.29 is 9.16 Å². The van der Waals surface area contributed by atoms with Crippen molar-refractivity contribution in [3.8, 4) is 0 Å². The topological polar surface area (TPSA) is 36.3 Å². The Morgan fingerprint density at radius 3 is 2.76 bits per heavy atom. The highest BCUT2D eigenvalue weighted by molar-refractivity contribution is 9.10. The first kappa shape index (κ1) is 21.8. The number of halogens is 2. The van der Waals surface area contributed by atoms with Gasteiger partial charge in [-0.25, -0.2) is 4.68 Å². The summed E-state index contributed by atoms with van der Waals surface area (Å²) in [6.45, 7) is 13.1. The molecule has 2 aliphatic rings. The molecule has 1 aliphatic carbocycles. The molecule has 1 saturated carbocycles. The third kappa shape index (κ3) is 4.20. The highest BCUT2D eigenvalue weighted by atomic mass is 79.9. The Labute approximate surface area is 188 Å². The normalized spacial score (nSPS) is 25.6. The number of rotatable bonds is 5. The summed E-state index contributed by atoms with van der Waals surface area (Å²) in [5.74, 6) is 1.01. The van der Waals surface area contributed by atoms with Gasteiger partial charge < -0.3 is 9.16 Å². The number of hydrogen-bond donors (Lipinski definition) is 0. The van der Waals surface area contributed by atoms with Crippen LogP contribution in [0.1, 0.15) is 64.2 Å². The van der Waals surface area contributed by atoms with Crippen LogP contribution in [0.3, 0.4) is 0 Å². The van der Waals surface area contributed by atoms with Crippen molar-refractivity contribution in [2.24, 2.45) is 5.92 Å². The zero-order valence-electron chi connectivity index (χ0n) is 18.1. The van der Waals surface area contributed by atoms with E-state index in [1.165, 1.54) is 12.0 Å². The highest BCUT2D eigenvalue weighted by Gasteiger charge is 2.44. The van der Waals surface area contributed by atoms with Gasteiger partial charge in [0, 0.05) is 28.1 Å². The quantitative estimate of drug-likeness (QED) is 0.406. The average Bonchev–Trinajstić information content (AvgIpc) is 3.28. The first-order chi connectivity index (χ1) is 13.6. The Balaban J connectivity index is 1.53. The fourth-order valence-electron chi connectivity index (χ4n) is 3.94. The van der Waals surface area contributed by atoms with Crippen LogP contribution in [0.2, 0.25) is 23.2 Å². The minimum atomic E-state index is -1.72. The van der Waals surface area contributed by atoms with Gasteiger partial charge >= 0.3 is 0 Å². The molecule has 3 atom stereocenters. The van der Waals surface area contributed by atoms with E-state index in [4.69, 9.17) is 20.8 Å². The lowest BCUT2D eigenvalue weighted by Gasteiger charge is -2.36. The van der Waals surface area contributed by atoms with Crippen molar-refractivity contribution in [3.63, 3.8) is 0 Å². The molecule has 160 valence electrons. The van der Waals surface area contributed by atoms with E-state index in [0.717, 1.165) is 52.9 Å². The fraction of sp³-hybridized carbons (Fsp3) is 0.682. The molecule has 0 radical (unpaired) electrons. The summed E-state index contributed by atoms with van der Waals surface area (Å²) >= 11 is 10.6. The second-order valence-electron chi connectivity index (χ2n) is 10.1. The summed E-state index contributed by atoms with van der Waals surface area (Å²) in [5, 5.41) is 6.82. The van der Waals surface area contributed by atoms with Gasteiger partial charge in [0.05, 0.1) is 11.7 Å². The van der Waals surface area contributed by atoms with E-state index < -0.39 is 8.32 Å². The van der Waals surface area contributed by atoms with E-state index in [1.807, 2.05) is 10.9 Å². The molecule has 29 heavy (non-hydrogen) atoms. The number of nitrogens with zero attached hydrogens (tertiary/aromatic N) is 2. The third-order valence-corrected chi connectivity index (χ3v) is 12.7. The Hall–Kier alpha value is -0.403. The molecule has 1 saturated heterocycles. The predicted molar refractivity (Wildman–Crippen MR) is 125 cm³/mol. The molecule has 0 bridgehead atoms. The monoisotopic (exact) mass is 498 g/mol. The van der Waals surface area contributed by atoms with Gasteiger partial charge in [0.15, 0.2) is 14.5 Å². The standard InChI is InChI=1S/C22H32BrClN2O2Si/c1-22(2,3)29(4,5)28-13-14-10-15(14)20-17(24)11-18-16(21(20)23)12-25-26(18)19-8-6-7-9-27-19/h11-12,14-15,19H,6-10,13H2,1-5H3/t14-,15-,19-/m1/s1. The molecule has 2 fully saturated rings. The van der Waals surface area contributed by atoms with Crippen molar-refractivity contribution in [3.05, 3.63) is 27.3 Å². The van der Waals surface area contributed by atoms with Gasteiger partial charge in [-0.3, -0.25) is 0 Å². The molecule has 2 aromatic rings. The summed E-state index contributed by atoms with van der Waals surface area (Å²) in [6, 6.07) is 2.08. The van der Waals surface area contributed by atoms with Gasteiger partial charge in [-0.05, 0) is 83.2 Å². The predicted octanol–water partition coefficient (Wildman–Crippen LogP) is 7.28. The minimum Gasteiger partial charge on any atom is -0.417 e. The fourth-order valence-corrected chi connectivity index (χ4v) is 6.26. The number of ether oxygens (including phenoxy) is 1. The molecular formula is C22H32BrClN2O2Si. The van der Waals surface area contributed by atoms with E-state index in [9.17, 15) is 0 Å². The molecule has 0 spiro atoms. The molecule has 1 aromatic carbocycles. The van der Waals surface area contributed by atoms with Gasteiger partial charge in [0.1, 0.15) is 0 Å². The summed E-state index contributed by atoms with van der Waals surface area (Å²) in [5.41, 5.74) is 2.26. The van der Waals surface area contributed by atoms with Crippen molar-refractivity contribution in [2.75, 3.05) is 13.2 Å². The van der Waals surface area contributed by atoms with Crippen LogP contribution in [0.25, 0.3) is 10.9 Å². The highest BCUT2D eigenvalue weighted by Crippen LogP contribution is 2.54. The second-order valence-corrected chi connectivity index (χ2v) is 16.1. The van der Waals surface area contributed by atoms with Crippen LogP contribution >= 0.6 is 27.5 Å². The maximum Gasteiger partial charge on any atom is 0.191 e. The Bertz CT molecular complexity index is 902. The SMILES string of the molecule is CC(C)(C)[Si](C)(C)OC[C@H]1C[C@H]1c1c(Cl)cc2c(cnn2[C@H]2CCCCO2)c1Br. The van der Waals surface area contributed by atoms with Crippen molar-refractivity contribution >= 4 is 46.8 Å². The molecule has 4 rings (SSSR count). The largest absolute Gasteiger partial charge is 0.417 e. The number of aromatic nitrogens is 2. The van der Waals surface area contributed by atoms with Gasteiger partial charge in [0.25, 0.3) is 0 Å². The van der Waals surface area contributed by atoms with Crippen LogP contribution in [0.15, 0.2) is 16.7 Å². The number of fused-ring (bicyclic) bond motifs is 1. The first-order valence-corrected chi connectivity index (χ1v) is 14.8. The van der Waals surface area contributed by atoms with Gasteiger partial charge in [-0.15, -0.1) is 0 Å². The number of hydrogen-bond acceptors (Lipinski definition) is 3. The molecule has 2 heterocycles. The maximum absolute atomic E-state index is 6.80. The van der Waals surface area contributed by atoms with Crippen molar-refractivity contribution in [1.82, 2.24) is 9.78 Å². The van der Waals surface area contributed by atoms with Crippen molar-refractivity contribution in [2.45, 2.75) is 76.7 Å². The van der Waals surface area contributed by atoms with Gasteiger partial charge in [-0.2, -0.15) is 5.10 Å². The zero-order valence-corrected chi connectivity index (χ0v) is 21.4. The Morgan fingerprint density at radius 2 is 2.10 bits per heavy atom. The van der Waals surface area contributed by atoms with E-state index in [0.29, 0.717) is 11.8 Å². The lowest BCUT2D eigenvalue weighted by atomic mass is 10.1. The van der Waals surface area contributed by atoms with Crippen LogP contribution in [-0.2, 0) is 9.16 Å². The summed E-state index contributed by atoms with van der Waals surface area (Å²) in [7, 11) is -1.72. The van der Waals surface area contributed by atoms with Crippen LogP contribution in [0, 0.1) is 5.92 Å². The molecule has 0 N–H and O–H groups in total. The van der Waals surface area contributed by atoms with Crippen LogP contribution in [0.4, 0.5) is 0 Å². The zero-order chi connectivity index (χ0) is 21.0. The molecule has 1 aliphatic heterocycles. The molecule has 0 unspecified atom stereocenters. The van der Waals surface area contributed by atoms with E-state index in [1.54, 1.807) is 0 Å². The van der Waals surface area contributed by atoms with Crippen LogP contribution in [0.5, 0.6) is 0 Å². The molecule has 0 amide bonds. The smallest absolute Gasteiger partial charge is 0.191 e. The summed E-state index contributed by atoms with van der Waals surface area (Å²) < 4.78 is 15.5. The van der Waals surface area contributed by atoms with Crippen LogP contribution in [-0.4, -0.2) is 31.3 Å². The summed E-state index contributed by atoms with van der Waals surface area (Å²) in [4.78, 5) is 0.